The second-order valence-electron chi connectivity index (χ2n) is 2.81. The molecule has 0 aliphatic heterocycles. The summed E-state index contributed by atoms with van der Waals surface area (Å²) in [5.41, 5.74) is 1.48. The summed E-state index contributed by atoms with van der Waals surface area (Å²) in [5, 5.41) is 0. The molecule has 1 aromatic rings. The van der Waals surface area contributed by atoms with Crippen LogP contribution in [0.5, 0.6) is 0 Å². The van der Waals surface area contributed by atoms with E-state index < -0.39 is 0 Å². The Kier molecular flexibility index (Phi) is 3.03. The Morgan fingerprint density at radius 2 is 1.83 bits per heavy atom. The molecule has 1 heteroatoms. The average molecular weight is 164 g/mol. The lowest BCUT2D eigenvalue weighted by Crippen LogP contribution is -1.81. The third kappa shape index (κ3) is 1.94. The van der Waals surface area contributed by atoms with Crippen LogP contribution >= 0.6 is 0 Å². The van der Waals surface area contributed by atoms with E-state index >= 15 is 0 Å². The van der Waals surface area contributed by atoms with Gasteiger partial charge in [0.25, 0.3) is 0 Å². The van der Waals surface area contributed by atoms with Crippen molar-refractivity contribution in [3.8, 4) is 0 Å². The van der Waals surface area contributed by atoms with Gasteiger partial charge in [0.15, 0.2) is 0 Å². The molecule has 1 rings (SSSR count). The Morgan fingerprint density at radius 3 is 2.33 bits per heavy atom. The lowest BCUT2D eigenvalue weighted by atomic mass is 10.1. The molecule has 0 atom stereocenters. The van der Waals surface area contributed by atoms with Crippen LogP contribution in [-0.4, -0.2) is 0 Å². The molecule has 0 fully saturated rings. The number of benzene rings is 1. The summed E-state index contributed by atoms with van der Waals surface area (Å²) in [6.45, 7) is 3.78. The normalized spacial score (nSPS) is 12.6. The van der Waals surface area contributed by atoms with Crippen molar-refractivity contribution < 1.29 is 4.39 Å². The van der Waals surface area contributed by atoms with Gasteiger partial charge in [-0.15, -0.1) is 0 Å². The van der Waals surface area contributed by atoms with E-state index in [0.29, 0.717) is 5.56 Å². The first-order valence-corrected chi connectivity index (χ1v) is 4.16. The van der Waals surface area contributed by atoms with Crippen LogP contribution in [0.2, 0.25) is 0 Å². The highest BCUT2D eigenvalue weighted by Crippen LogP contribution is 2.20. The predicted molar refractivity (Wildman–Crippen MR) is 50.4 cm³/mol. The lowest BCUT2D eigenvalue weighted by molar-refractivity contribution is 0.743. The van der Waals surface area contributed by atoms with Crippen molar-refractivity contribution in [2.75, 3.05) is 0 Å². The molecule has 0 amide bonds. The van der Waals surface area contributed by atoms with Gasteiger partial charge in [-0.2, -0.15) is 0 Å². The summed E-state index contributed by atoms with van der Waals surface area (Å²) < 4.78 is 13.4. The van der Waals surface area contributed by atoms with Gasteiger partial charge in [-0.3, -0.25) is 0 Å². The maximum atomic E-state index is 13.4. The predicted octanol–water partition coefficient (Wildman–Crippen LogP) is 3.80. The zero-order valence-electron chi connectivity index (χ0n) is 7.47. The fourth-order valence-corrected chi connectivity index (χ4v) is 0.986. The summed E-state index contributed by atoms with van der Waals surface area (Å²) >= 11 is 0. The average Bonchev–Trinajstić information content (AvgIpc) is 2.17. The monoisotopic (exact) mass is 164 g/mol. The largest absolute Gasteiger partial charge is 0.206 e. The molecule has 64 valence electrons. The molecule has 0 nitrogen and oxygen atoms in total. The van der Waals surface area contributed by atoms with Gasteiger partial charge >= 0.3 is 0 Å². The maximum absolute atomic E-state index is 13.4. The molecule has 0 radical (unpaired) electrons. The van der Waals surface area contributed by atoms with Gasteiger partial charge in [0, 0.05) is 5.56 Å². The molecule has 0 aromatic heterocycles. The first-order chi connectivity index (χ1) is 5.75. The van der Waals surface area contributed by atoms with Crippen LogP contribution in [0.15, 0.2) is 35.9 Å². The molecule has 12 heavy (non-hydrogen) atoms. The quantitative estimate of drug-likeness (QED) is 0.623. The number of hydrogen-bond donors (Lipinski definition) is 0. The number of hydrogen-bond acceptors (Lipinski definition) is 0. The molecule has 1 aromatic carbocycles. The van der Waals surface area contributed by atoms with Crippen molar-refractivity contribution in [3.63, 3.8) is 0 Å². The molecule has 0 saturated heterocycles. The fourth-order valence-electron chi connectivity index (χ4n) is 0.986. The van der Waals surface area contributed by atoms with Crippen LogP contribution in [0, 0.1) is 0 Å². The van der Waals surface area contributed by atoms with E-state index in [2.05, 4.69) is 0 Å². The van der Waals surface area contributed by atoms with E-state index in [0.717, 1.165) is 12.0 Å². The first-order valence-electron chi connectivity index (χ1n) is 4.16. The van der Waals surface area contributed by atoms with Crippen LogP contribution in [0.25, 0.3) is 5.83 Å². The fraction of sp³-hybridized carbons (Fsp3) is 0.273. The molecule has 0 aliphatic rings. The molecule has 0 N–H and O–H groups in total. The highest BCUT2D eigenvalue weighted by Gasteiger charge is 2.01. The summed E-state index contributed by atoms with van der Waals surface area (Å²) in [6, 6.07) is 9.15. The van der Waals surface area contributed by atoms with Gasteiger partial charge in [0.05, 0.1) is 0 Å². The number of halogens is 1. The Balaban J connectivity index is 3.00. The second-order valence-corrected chi connectivity index (χ2v) is 2.81. The number of rotatable bonds is 2. The standard InChI is InChI=1S/C11H13F/c1-3-9(2)11(12)10-7-5-4-6-8-10/h4-8H,3H2,1-2H3/b11-9+. The minimum absolute atomic E-state index is 0.0851. The van der Waals surface area contributed by atoms with Crippen molar-refractivity contribution in [2.45, 2.75) is 20.3 Å². The van der Waals surface area contributed by atoms with Crippen LogP contribution in [0.4, 0.5) is 4.39 Å². The third-order valence-corrected chi connectivity index (χ3v) is 1.93. The molecular weight excluding hydrogens is 151 g/mol. The summed E-state index contributed by atoms with van der Waals surface area (Å²) in [6.07, 6.45) is 0.765. The Hall–Kier alpha value is -1.11. The van der Waals surface area contributed by atoms with Crippen LogP contribution in [0.3, 0.4) is 0 Å². The zero-order valence-corrected chi connectivity index (χ0v) is 7.47. The van der Waals surface area contributed by atoms with Crippen LogP contribution in [-0.2, 0) is 0 Å². The summed E-state index contributed by atoms with van der Waals surface area (Å²) in [7, 11) is 0. The minimum atomic E-state index is -0.0851. The van der Waals surface area contributed by atoms with E-state index in [-0.39, 0.29) is 5.83 Å². The topological polar surface area (TPSA) is 0 Å². The molecule has 0 saturated carbocycles. The van der Waals surface area contributed by atoms with Crippen molar-refractivity contribution in [1.29, 1.82) is 0 Å². The van der Waals surface area contributed by atoms with E-state index in [1.165, 1.54) is 0 Å². The van der Waals surface area contributed by atoms with Crippen molar-refractivity contribution in [2.24, 2.45) is 0 Å². The van der Waals surface area contributed by atoms with E-state index in [1.54, 1.807) is 12.1 Å². The van der Waals surface area contributed by atoms with Crippen molar-refractivity contribution in [3.05, 3.63) is 41.5 Å². The van der Waals surface area contributed by atoms with E-state index in [9.17, 15) is 4.39 Å². The van der Waals surface area contributed by atoms with Crippen LogP contribution < -0.4 is 0 Å². The van der Waals surface area contributed by atoms with Gasteiger partial charge < -0.3 is 0 Å². The molecule has 0 heterocycles. The van der Waals surface area contributed by atoms with Crippen molar-refractivity contribution >= 4 is 5.83 Å². The SMILES string of the molecule is CC/C(C)=C(/F)c1ccccc1. The van der Waals surface area contributed by atoms with Gasteiger partial charge in [-0.25, -0.2) is 4.39 Å². The van der Waals surface area contributed by atoms with Gasteiger partial charge in [0.1, 0.15) is 5.83 Å². The van der Waals surface area contributed by atoms with E-state index in [4.69, 9.17) is 0 Å². The molecule has 0 bridgehead atoms. The Labute approximate surface area is 72.7 Å². The zero-order chi connectivity index (χ0) is 8.97. The third-order valence-electron chi connectivity index (χ3n) is 1.93. The summed E-state index contributed by atoms with van der Waals surface area (Å²) in [5.74, 6) is -0.0851. The molecule has 0 aliphatic carbocycles. The molecule has 0 unspecified atom stereocenters. The maximum Gasteiger partial charge on any atom is 0.129 e. The van der Waals surface area contributed by atoms with E-state index in [1.807, 2.05) is 32.0 Å². The second kappa shape index (κ2) is 4.05. The summed E-state index contributed by atoms with van der Waals surface area (Å²) in [4.78, 5) is 0. The number of allylic oxidation sites excluding steroid dienone is 1. The highest BCUT2D eigenvalue weighted by atomic mass is 19.1. The first kappa shape index (κ1) is 8.98. The Bertz CT molecular complexity index is 272. The Morgan fingerprint density at radius 1 is 1.25 bits per heavy atom. The molecule has 0 spiro atoms. The highest BCUT2D eigenvalue weighted by molar-refractivity contribution is 5.61. The smallest absolute Gasteiger partial charge is 0.129 e. The van der Waals surface area contributed by atoms with Crippen LogP contribution in [0.1, 0.15) is 25.8 Å². The van der Waals surface area contributed by atoms with Gasteiger partial charge in [-0.1, -0.05) is 37.3 Å². The van der Waals surface area contributed by atoms with Gasteiger partial charge in [0.2, 0.25) is 0 Å². The van der Waals surface area contributed by atoms with Gasteiger partial charge in [-0.05, 0) is 18.9 Å². The minimum Gasteiger partial charge on any atom is -0.206 e. The lowest BCUT2D eigenvalue weighted by Gasteiger charge is -2.00. The molecular formula is C11H13F. The van der Waals surface area contributed by atoms with Crippen molar-refractivity contribution in [1.82, 2.24) is 0 Å².